The van der Waals surface area contributed by atoms with E-state index in [0.29, 0.717) is 15.8 Å². The normalized spacial score (nSPS) is 11.9. The minimum absolute atomic E-state index is 0.246. The van der Waals surface area contributed by atoms with Crippen LogP contribution in [0.5, 0.6) is 5.75 Å². The van der Waals surface area contributed by atoms with Crippen molar-refractivity contribution in [2.75, 3.05) is 5.32 Å². The third-order valence-electron chi connectivity index (χ3n) is 3.31. The molecule has 0 saturated heterocycles. The second kappa shape index (κ2) is 7.56. The molecule has 1 amide bonds. The van der Waals surface area contributed by atoms with Crippen molar-refractivity contribution in [3.05, 3.63) is 56.0 Å². The number of benzene rings is 2. The summed E-state index contributed by atoms with van der Waals surface area (Å²) in [5.41, 5.74) is 2.74. The maximum absolute atomic E-state index is 12.4. The molecule has 122 valence electrons. The zero-order valence-corrected chi connectivity index (χ0v) is 16.0. The molecule has 2 rings (SSSR count). The molecule has 0 aliphatic rings. The molecule has 2 aromatic rings. The van der Waals surface area contributed by atoms with Gasteiger partial charge in [-0.3, -0.25) is 4.79 Å². The molecule has 3 nitrogen and oxygen atoms in total. The summed E-state index contributed by atoms with van der Waals surface area (Å²) in [6.07, 6.45) is -0.698. The van der Waals surface area contributed by atoms with Gasteiger partial charge in [-0.15, -0.1) is 0 Å². The van der Waals surface area contributed by atoms with E-state index < -0.39 is 6.10 Å². The van der Waals surface area contributed by atoms with E-state index in [0.717, 1.165) is 21.3 Å². The van der Waals surface area contributed by atoms with Crippen LogP contribution in [0.4, 0.5) is 5.69 Å². The number of hydrogen-bond acceptors (Lipinski definition) is 2. The third kappa shape index (κ3) is 4.63. The average molecular weight is 417 g/mol. The number of nitrogens with one attached hydrogen (secondary N) is 1. The van der Waals surface area contributed by atoms with Gasteiger partial charge in [0.25, 0.3) is 5.91 Å². The van der Waals surface area contributed by atoms with Crippen molar-refractivity contribution in [3.8, 4) is 5.75 Å². The van der Waals surface area contributed by atoms with Gasteiger partial charge >= 0.3 is 0 Å². The van der Waals surface area contributed by atoms with Gasteiger partial charge in [0.2, 0.25) is 0 Å². The van der Waals surface area contributed by atoms with Crippen LogP contribution in [0, 0.1) is 13.8 Å². The molecule has 0 spiro atoms. The van der Waals surface area contributed by atoms with E-state index in [1.54, 1.807) is 25.1 Å². The second-order valence-corrected chi connectivity index (χ2v) is 7.00. The van der Waals surface area contributed by atoms with Crippen LogP contribution in [0.3, 0.4) is 0 Å². The molecule has 0 saturated carbocycles. The first-order valence-corrected chi connectivity index (χ1v) is 8.52. The van der Waals surface area contributed by atoms with Gasteiger partial charge in [0.1, 0.15) is 5.75 Å². The molecule has 0 unspecified atom stereocenters. The van der Waals surface area contributed by atoms with E-state index in [-0.39, 0.29) is 5.91 Å². The molecular weight excluding hydrogens is 401 g/mol. The third-order valence-corrected chi connectivity index (χ3v) is 4.30. The first-order valence-electron chi connectivity index (χ1n) is 6.97. The van der Waals surface area contributed by atoms with Gasteiger partial charge in [-0.25, -0.2) is 0 Å². The standard InChI is InChI=1S/C17H16BrCl2NO2/c1-9-6-12(18)7-10(2)16(9)21-17(22)11(3)23-15-5-4-13(19)8-14(15)20/h4-8,11H,1-3H3,(H,21,22)/t11-/m1/s1. The first-order chi connectivity index (χ1) is 10.8. The van der Waals surface area contributed by atoms with Crippen molar-refractivity contribution in [2.24, 2.45) is 0 Å². The largest absolute Gasteiger partial charge is 0.479 e. The first kappa shape index (κ1) is 18.1. The summed E-state index contributed by atoms with van der Waals surface area (Å²) in [6.45, 7) is 5.55. The van der Waals surface area contributed by atoms with Crippen LogP contribution in [0.25, 0.3) is 0 Å². The van der Waals surface area contributed by atoms with Crippen LogP contribution >= 0.6 is 39.1 Å². The number of amides is 1. The van der Waals surface area contributed by atoms with Crippen molar-refractivity contribution in [1.29, 1.82) is 0 Å². The summed E-state index contributed by atoms with van der Waals surface area (Å²) in [5, 5.41) is 3.79. The van der Waals surface area contributed by atoms with Gasteiger partial charge in [-0.05, 0) is 62.2 Å². The molecule has 2 aromatic carbocycles. The summed E-state index contributed by atoms with van der Waals surface area (Å²) in [5.74, 6) is 0.174. The van der Waals surface area contributed by atoms with Crippen molar-refractivity contribution >= 4 is 50.7 Å². The van der Waals surface area contributed by atoms with Gasteiger partial charge in [-0.1, -0.05) is 39.1 Å². The smallest absolute Gasteiger partial charge is 0.265 e. The van der Waals surface area contributed by atoms with Crippen LogP contribution in [-0.2, 0) is 4.79 Å². The molecule has 0 heterocycles. The van der Waals surface area contributed by atoms with Gasteiger partial charge in [0, 0.05) is 15.2 Å². The highest BCUT2D eigenvalue weighted by molar-refractivity contribution is 9.10. The fraction of sp³-hybridized carbons (Fsp3) is 0.235. The number of halogens is 3. The number of carbonyl (C=O) groups is 1. The van der Waals surface area contributed by atoms with Gasteiger partial charge in [0.05, 0.1) is 5.02 Å². The molecule has 6 heteroatoms. The Bertz CT molecular complexity index is 726. The SMILES string of the molecule is Cc1cc(Br)cc(C)c1NC(=O)[C@@H](C)Oc1ccc(Cl)cc1Cl. The quantitative estimate of drug-likeness (QED) is 0.685. The number of hydrogen-bond donors (Lipinski definition) is 1. The highest BCUT2D eigenvalue weighted by Crippen LogP contribution is 2.29. The van der Waals surface area contributed by atoms with E-state index in [4.69, 9.17) is 27.9 Å². The highest BCUT2D eigenvalue weighted by atomic mass is 79.9. The number of carbonyl (C=O) groups excluding carboxylic acids is 1. The Morgan fingerprint density at radius 2 is 1.78 bits per heavy atom. The lowest BCUT2D eigenvalue weighted by molar-refractivity contribution is -0.122. The average Bonchev–Trinajstić information content (AvgIpc) is 2.45. The Morgan fingerprint density at radius 1 is 1.17 bits per heavy atom. The van der Waals surface area contributed by atoms with Gasteiger partial charge in [-0.2, -0.15) is 0 Å². The molecule has 0 aliphatic carbocycles. The van der Waals surface area contributed by atoms with E-state index in [9.17, 15) is 4.79 Å². The molecule has 0 fully saturated rings. The second-order valence-electron chi connectivity index (χ2n) is 5.24. The van der Waals surface area contributed by atoms with E-state index in [2.05, 4.69) is 21.2 Å². The van der Waals surface area contributed by atoms with E-state index in [1.165, 1.54) is 0 Å². The maximum Gasteiger partial charge on any atom is 0.265 e. The lowest BCUT2D eigenvalue weighted by Crippen LogP contribution is -2.30. The fourth-order valence-corrected chi connectivity index (χ4v) is 3.29. The van der Waals surface area contributed by atoms with Gasteiger partial charge in [0.15, 0.2) is 6.10 Å². The predicted molar refractivity (Wildman–Crippen MR) is 98.8 cm³/mol. The Labute approximate surface area is 154 Å². The highest BCUT2D eigenvalue weighted by Gasteiger charge is 2.18. The Kier molecular flexibility index (Phi) is 5.95. The summed E-state index contributed by atoms with van der Waals surface area (Å²) in [7, 11) is 0. The minimum Gasteiger partial charge on any atom is -0.479 e. The molecule has 1 N–H and O–H groups in total. The Balaban J connectivity index is 2.11. The minimum atomic E-state index is -0.698. The Hall–Kier alpha value is -1.23. The fourth-order valence-electron chi connectivity index (χ4n) is 2.15. The summed E-state index contributed by atoms with van der Waals surface area (Å²) in [4.78, 5) is 12.4. The maximum atomic E-state index is 12.4. The van der Waals surface area contributed by atoms with Crippen LogP contribution in [0.15, 0.2) is 34.8 Å². The van der Waals surface area contributed by atoms with Crippen LogP contribution < -0.4 is 10.1 Å². The molecule has 1 atom stereocenters. The van der Waals surface area contributed by atoms with Gasteiger partial charge < -0.3 is 10.1 Å². The lowest BCUT2D eigenvalue weighted by atomic mass is 10.1. The van der Waals surface area contributed by atoms with Crippen molar-refractivity contribution < 1.29 is 9.53 Å². The zero-order chi connectivity index (χ0) is 17.1. The number of anilines is 1. The van der Waals surface area contributed by atoms with Crippen molar-refractivity contribution in [2.45, 2.75) is 26.9 Å². The van der Waals surface area contributed by atoms with E-state index >= 15 is 0 Å². The summed E-state index contributed by atoms with van der Waals surface area (Å²) < 4.78 is 6.60. The molecule has 0 bridgehead atoms. The molecular formula is C17H16BrCl2NO2. The zero-order valence-electron chi connectivity index (χ0n) is 12.9. The molecule has 0 aromatic heterocycles. The molecule has 23 heavy (non-hydrogen) atoms. The lowest BCUT2D eigenvalue weighted by Gasteiger charge is -2.18. The van der Waals surface area contributed by atoms with Crippen LogP contribution in [0.2, 0.25) is 10.0 Å². The molecule has 0 aliphatic heterocycles. The van der Waals surface area contributed by atoms with Crippen molar-refractivity contribution in [1.82, 2.24) is 0 Å². The number of ether oxygens (including phenoxy) is 1. The number of aryl methyl sites for hydroxylation is 2. The van der Waals surface area contributed by atoms with E-state index in [1.807, 2.05) is 26.0 Å². The Morgan fingerprint density at radius 3 is 2.35 bits per heavy atom. The van der Waals surface area contributed by atoms with Crippen LogP contribution in [0.1, 0.15) is 18.1 Å². The monoisotopic (exact) mass is 415 g/mol. The molecule has 0 radical (unpaired) electrons. The van der Waals surface area contributed by atoms with Crippen molar-refractivity contribution in [3.63, 3.8) is 0 Å². The number of rotatable bonds is 4. The summed E-state index contributed by atoms with van der Waals surface area (Å²) >= 11 is 15.3. The predicted octanol–water partition coefficient (Wildman–Crippen LogP) is 5.78. The van der Waals surface area contributed by atoms with Crippen LogP contribution in [-0.4, -0.2) is 12.0 Å². The summed E-state index contributed by atoms with van der Waals surface area (Å²) in [6, 6.07) is 8.78. The topological polar surface area (TPSA) is 38.3 Å².